The molecule has 0 atom stereocenters. The van der Waals surface area contributed by atoms with Crippen LogP contribution < -0.4 is 0 Å². The maximum atomic E-state index is 4.65. The predicted octanol–water partition coefficient (Wildman–Crippen LogP) is 3.86. The summed E-state index contributed by atoms with van der Waals surface area (Å²) in [4.78, 5) is 4.65. The average molecular weight is 231 g/mol. The summed E-state index contributed by atoms with van der Waals surface area (Å²) in [6.45, 7) is 0. The third-order valence-electron chi connectivity index (χ3n) is 3.79. The van der Waals surface area contributed by atoms with Gasteiger partial charge in [0, 0.05) is 24.1 Å². The molecule has 1 nitrogen and oxygen atoms in total. The van der Waals surface area contributed by atoms with Gasteiger partial charge in [-0.1, -0.05) is 48.6 Å². The van der Waals surface area contributed by atoms with Crippen LogP contribution in [0.4, 0.5) is 0 Å². The van der Waals surface area contributed by atoms with Crippen molar-refractivity contribution in [1.29, 1.82) is 0 Å². The van der Waals surface area contributed by atoms with E-state index in [0.29, 0.717) is 5.92 Å². The summed E-state index contributed by atoms with van der Waals surface area (Å²) in [5.41, 5.74) is 6.57. The summed E-state index contributed by atoms with van der Waals surface area (Å²) in [7, 11) is 0. The first-order valence-corrected chi connectivity index (χ1v) is 6.34. The highest BCUT2D eigenvalue weighted by Crippen LogP contribution is 2.37. The van der Waals surface area contributed by atoms with Crippen molar-refractivity contribution in [1.82, 2.24) is 4.98 Å². The second-order valence-electron chi connectivity index (χ2n) is 4.89. The van der Waals surface area contributed by atoms with Crippen molar-refractivity contribution in [2.45, 2.75) is 12.3 Å². The second-order valence-corrected chi connectivity index (χ2v) is 4.89. The van der Waals surface area contributed by atoms with Gasteiger partial charge in [-0.05, 0) is 22.8 Å². The molecule has 0 spiro atoms. The number of fused-ring (bicyclic) bond motifs is 3. The minimum Gasteiger partial charge on any atom is -0.260 e. The monoisotopic (exact) mass is 231 g/mol. The van der Waals surface area contributed by atoms with Crippen LogP contribution in [0.5, 0.6) is 0 Å². The molecule has 0 bridgehead atoms. The summed E-state index contributed by atoms with van der Waals surface area (Å²) in [6, 6.07) is 10.9. The molecule has 0 fully saturated rings. The lowest BCUT2D eigenvalue weighted by molar-refractivity contribution is 1.04. The SMILES string of the molecule is C1=CC(c2cnc3c(c2)-c2ccccc2C3)C=C1. The zero-order valence-corrected chi connectivity index (χ0v) is 10.0. The van der Waals surface area contributed by atoms with E-state index < -0.39 is 0 Å². The van der Waals surface area contributed by atoms with Crippen molar-refractivity contribution >= 4 is 0 Å². The van der Waals surface area contributed by atoms with Gasteiger partial charge in [-0.15, -0.1) is 0 Å². The lowest BCUT2D eigenvalue weighted by Gasteiger charge is -2.08. The average Bonchev–Trinajstić information content (AvgIpc) is 3.05. The van der Waals surface area contributed by atoms with Gasteiger partial charge in [-0.2, -0.15) is 0 Å². The molecule has 1 heteroatoms. The molecule has 2 aromatic rings. The van der Waals surface area contributed by atoms with Crippen molar-refractivity contribution in [3.05, 3.63) is 77.7 Å². The van der Waals surface area contributed by atoms with E-state index in [9.17, 15) is 0 Å². The molecule has 2 aliphatic carbocycles. The van der Waals surface area contributed by atoms with Gasteiger partial charge in [0.2, 0.25) is 0 Å². The van der Waals surface area contributed by atoms with Crippen LogP contribution >= 0.6 is 0 Å². The first kappa shape index (κ1) is 9.84. The Hall–Kier alpha value is -2.15. The van der Waals surface area contributed by atoms with E-state index in [-0.39, 0.29) is 0 Å². The Kier molecular flexibility index (Phi) is 2.01. The van der Waals surface area contributed by atoms with Gasteiger partial charge in [0.1, 0.15) is 0 Å². The number of allylic oxidation sites excluding steroid dienone is 4. The van der Waals surface area contributed by atoms with E-state index in [1.54, 1.807) is 0 Å². The summed E-state index contributed by atoms with van der Waals surface area (Å²) in [5.74, 6) is 0.399. The molecule has 1 heterocycles. The fourth-order valence-electron chi connectivity index (χ4n) is 2.84. The van der Waals surface area contributed by atoms with Crippen molar-refractivity contribution in [2.75, 3.05) is 0 Å². The molecule has 4 rings (SSSR count). The van der Waals surface area contributed by atoms with Crippen LogP contribution in [0.2, 0.25) is 0 Å². The van der Waals surface area contributed by atoms with Crippen LogP contribution in [-0.2, 0) is 6.42 Å². The predicted molar refractivity (Wildman–Crippen MR) is 73.5 cm³/mol. The lowest BCUT2D eigenvalue weighted by atomic mass is 9.99. The number of benzene rings is 1. The Morgan fingerprint density at radius 2 is 1.83 bits per heavy atom. The van der Waals surface area contributed by atoms with E-state index >= 15 is 0 Å². The van der Waals surface area contributed by atoms with E-state index in [1.807, 2.05) is 6.20 Å². The maximum absolute atomic E-state index is 4.65. The molecular formula is C17H13N. The summed E-state index contributed by atoms with van der Waals surface area (Å²) >= 11 is 0. The largest absolute Gasteiger partial charge is 0.260 e. The van der Waals surface area contributed by atoms with Crippen LogP contribution in [0, 0.1) is 0 Å². The number of nitrogens with zero attached hydrogens (tertiary/aromatic N) is 1. The lowest BCUT2D eigenvalue weighted by Crippen LogP contribution is -1.94. The van der Waals surface area contributed by atoms with Gasteiger partial charge in [0.05, 0.1) is 5.69 Å². The van der Waals surface area contributed by atoms with Gasteiger partial charge in [-0.25, -0.2) is 0 Å². The zero-order valence-electron chi connectivity index (χ0n) is 10.0. The van der Waals surface area contributed by atoms with Gasteiger partial charge in [0.25, 0.3) is 0 Å². The van der Waals surface area contributed by atoms with Crippen LogP contribution in [0.15, 0.2) is 60.8 Å². The van der Waals surface area contributed by atoms with Gasteiger partial charge in [0.15, 0.2) is 0 Å². The second kappa shape index (κ2) is 3.67. The maximum Gasteiger partial charge on any atom is 0.0526 e. The van der Waals surface area contributed by atoms with Gasteiger partial charge >= 0.3 is 0 Å². The number of hydrogen-bond acceptors (Lipinski definition) is 1. The molecule has 0 amide bonds. The zero-order chi connectivity index (χ0) is 11.9. The molecule has 0 aliphatic heterocycles. The highest BCUT2D eigenvalue weighted by molar-refractivity contribution is 5.75. The van der Waals surface area contributed by atoms with Crippen molar-refractivity contribution in [3.8, 4) is 11.1 Å². The van der Waals surface area contributed by atoms with E-state index in [0.717, 1.165) is 6.42 Å². The first-order chi connectivity index (χ1) is 8.92. The molecule has 1 aromatic carbocycles. The normalized spacial score (nSPS) is 16.0. The standard InChI is InChI=1S/C17H13N/c1-2-6-12(5-1)14-9-16-15-8-4-3-7-13(15)10-17(16)18-11-14/h1-9,11-12H,10H2. The Bertz CT molecular complexity index is 668. The molecule has 2 aliphatic rings. The van der Waals surface area contributed by atoms with Crippen LogP contribution in [0.25, 0.3) is 11.1 Å². The van der Waals surface area contributed by atoms with Crippen LogP contribution in [0.3, 0.4) is 0 Å². The molecule has 0 radical (unpaired) electrons. The van der Waals surface area contributed by atoms with Crippen LogP contribution in [0.1, 0.15) is 22.7 Å². The molecule has 0 saturated heterocycles. The fourth-order valence-corrected chi connectivity index (χ4v) is 2.84. The minimum absolute atomic E-state index is 0.399. The summed E-state index contributed by atoms with van der Waals surface area (Å²) in [6.07, 6.45) is 11.6. The van der Waals surface area contributed by atoms with Crippen LogP contribution in [-0.4, -0.2) is 4.98 Å². The van der Waals surface area contributed by atoms with E-state index in [4.69, 9.17) is 0 Å². The third kappa shape index (κ3) is 1.37. The van der Waals surface area contributed by atoms with Crippen molar-refractivity contribution < 1.29 is 0 Å². The van der Waals surface area contributed by atoms with Crippen molar-refractivity contribution in [3.63, 3.8) is 0 Å². The Labute approximate surface area is 107 Å². The minimum atomic E-state index is 0.399. The number of aromatic nitrogens is 1. The summed E-state index contributed by atoms with van der Waals surface area (Å²) < 4.78 is 0. The van der Waals surface area contributed by atoms with E-state index in [2.05, 4.69) is 59.6 Å². The van der Waals surface area contributed by atoms with E-state index in [1.165, 1.54) is 27.9 Å². The topological polar surface area (TPSA) is 12.9 Å². The quantitative estimate of drug-likeness (QED) is 0.619. The Morgan fingerprint density at radius 3 is 2.72 bits per heavy atom. The van der Waals surface area contributed by atoms with Gasteiger partial charge in [-0.3, -0.25) is 4.98 Å². The number of hydrogen-bond donors (Lipinski definition) is 0. The molecular weight excluding hydrogens is 218 g/mol. The third-order valence-corrected chi connectivity index (χ3v) is 3.79. The van der Waals surface area contributed by atoms with Gasteiger partial charge < -0.3 is 0 Å². The number of pyridine rings is 1. The molecule has 1 aromatic heterocycles. The molecule has 18 heavy (non-hydrogen) atoms. The smallest absolute Gasteiger partial charge is 0.0526 e. The fraction of sp³-hybridized carbons (Fsp3) is 0.118. The summed E-state index contributed by atoms with van der Waals surface area (Å²) in [5, 5.41) is 0. The Morgan fingerprint density at radius 1 is 1.00 bits per heavy atom. The molecule has 86 valence electrons. The highest BCUT2D eigenvalue weighted by Gasteiger charge is 2.20. The molecule has 0 N–H and O–H groups in total. The Balaban J connectivity index is 1.86. The molecule has 0 unspecified atom stereocenters. The van der Waals surface area contributed by atoms with Crippen molar-refractivity contribution in [2.24, 2.45) is 0 Å². The highest BCUT2D eigenvalue weighted by atomic mass is 14.7. The molecule has 0 saturated carbocycles. The number of rotatable bonds is 1. The first-order valence-electron chi connectivity index (χ1n) is 6.34.